The second kappa shape index (κ2) is 4.83. The number of esters is 1. The highest BCUT2D eigenvalue weighted by atomic mass is 16.5. The molecule has 0 aliphatic rings. The van der Waals surface area contributed by atoms with Crippen molar-refractivity contribution in [3.05, 3.63) is 54.1 Å². The molecule has 0 saturated carbocycles. The normalized spacial score (nSPS) is 10.2. The van der Waals surface area contributed by atoms with Crippen LogP contribution in [0.25, 0.3) is 16.8 Å². The maximum absolute atomic E-state index is 12.0. The maximum atomic E-state index is 12.0. The molecule has 0 bridgehead atoms. The van der Waals surface area contributed by atoms with Crippen LogP contribution in [0.4, 0.5) is 0 Å². The monoisotopic (exact) mass is 226 g/mol. The fourth-order valence-electron chi connectivity index (χ4n) is 1.89. The third-order valence-electron chi connectivity index (χ3n) is 2.66. The molecule has 2 rings (SSSR count). The second-order valence-electron chi connectivity index (χ2n) is 3.68. The highest BCUT2D eigenvalue weighted by Crippen LogP contribution is 2.24. The molecule has 0 heterocycles. The lowest BCUT2D eigenvalue weighted by molar-refractivity contribution is 0.0528. The van der Waals surface area contributed by atoms with Crippen LogP contribution in [-0.4, -0.2) is 12.6 Å². The first-order chi connectivity index (χ1) is 8.27. The molecule has 2 heteroatoms. The van der Waals surface area contributed by atoms with Crippen molar-refractivity contribution in [3.8, 4) is 0 Å². The van der Waals surface area contributed by atoms with Gasteiger partial charge in [0.05, 0.1) is 12.2 Å². The summed E-state index contributed by atoms with van der Waals surface area (Å²) >= 11 is 0. The molecule has 17 heavy (non-hydrogen) atoms. The summed E-state index contributed by atoms with van der Waals surface area (Å²) in [6.07, 6.45) is 1.68. The van der Waals surface area contributed by atoms with Gasteiger partial charge in [-0.25, -0.2) is 4.79 Å². The largest absolute Gasteiger partial charge is 0.462 e. The Morgan fingerprint density at radius 3 is 2.76 bits per heavy atom. The van der Waals surface area contributed by atoms with Gasteiger partial charge in [-0.1, -0.05) is 49.1 Å². The van der Waals surface area contributed by atoms with Crippen molar-refractivity contribution in [2.45, 2.75) is 6.92 Å². The molecule has 0 N–H and O–H groups in total. The van der Waals surface area contributed by atoms with E-state index in [1.165, 1.54) is 0 Å². The standard InChI is InChI=1S/C15H14O2/c1-3-11-9-10-12-7-5-6-8-13(12)14(11)15(16)17-4-2/h3,5-10H,1,4H2,2H3. The summed E-state index contributed by atoms with van der Waals surface area (Å²) in [5.74, 6) is -0.292. The van der Waals surface area contributed by atoms with Crippen molar-refractivity contribution < 1.29 is 9.53 Å². The Bertz CT molecular complexity index is 570. The van der Waals surface area contributed by atoms with Gasteiger partial charge < -0.3 is 4.74 Å². The molecule has 0 saturated heterocycles. The minimum absolute atomic E-state index is 0.292. The van der Waals surface area contributed by atoms with Crippen molar-refractivity contribution >= 4 is 22.8 Å². The van der Waals surface area contributed by atoms with Gasteiger partial charge in [-0.3, -0.25) is 0 Å². The number of benzene rings is 2. The van der Waals surface area contributed by atoms with E-state index in [-0.39, 0.29) is 5.97 Å². The summed E-state index contributed by atoms with van der Waals surface area (Å²) < 4.78 is 5.09. The number of hydrogen-bond donors (Lipinski definition) is 0. The van der Waals surface area contributed by atoms with Crippen LogP contribution in [0.1, 0.15) is 22.8 Å². The third kappa shape index (κ3) is 2.07. The van der Waals surface area contributed by atoms with Crippen LogP contribution in [0.3, 0.4) is 0 Å². The lowest BCUT2D eigenvalue weighted by Crippen LogP contribution is -2.07. The van der Waals surface area contributed by atoms with Gasteiger partial charge in [0, 0.05) is 0 Å². The molecular formula is C15H14O2. The van der Waals surface area contributed by atoms with Gasteiger partial charge in [0.2, 0.25) is 0 Å². The van der Waals surface area contributed by atoms with E-state index in [1.807, 2.05) is 36.4 Å². The Balaban J connectivity index is 2.71. The van der Waals surface area contributed by atoms with Crippen molar-refractivity contribution in [2.75, 3.05) is 6.61 Å². The first-order valence-electron chi connectivity index (χ1n) is 5.59. The molecule has 2 nitrogen and oxygen atoms in total. The molecule has 0 aliphatic heterocycles. The van der Waals surface area contributed by atoms with Crippen molar-refractivity contribution in [2.24, 2.45) is 0 Å². The van der Waals surface area contributed by atoms with Gasteiger partial charge >= 0.3 is 5.97 Å². The Labute approximate surface area is 101 Å². The predicted octanol–water partition coefficient (Wildman–Crippen LogP) is 3.66. The van der Waals surface area contributed by atoms with Crippen LogP contribution in [0.5, 0.6) is 0 Å². The predicted molar refractivity (Wildman–Crippen MR) is 70.0 cm³/mol. The van der Waals surface area contributed by atoms with E-state index in [0.717, 1.165) is 16.3 Å². The molecule has 0 amide bonds. The molecule has 0 fully saturated rings. The molecule has 0 atom stereocenters. The average molecular weight is 226 g/mol. The van der Waals surface area contributed by atoms with E-state index in [2.05, 4.69) is 6.58 Å². The average Bonchev–Trinajstić information content (AvgIpc) is 2.37. The maximum Gasteiger partial charge on any atom is 0.339 e. The van der Waals surface area contributed by atoms with E-state index >= 15 is 0 Å². The van der Waals surface area contributed by atoms with Gasteiger partial charge in [0.1, 0.15) is 0 Å². The van der Waals surface area contributed by atoms with Crippen molar-refractivity contribution in [1.29, 1.82) is 0 Å². The number of ether oxygens (including phenoxy) is 1. The summed E-state index contributed by atoms with van der Waals surface area (Å²) in [5.41, 5.74) is 1.40. The minimum Gasteiger partial charge on any atom is -0.462 e. The molecule has 86 valence electrons. The number of carbonyl (C=O) groups excluding carboxylic acids is 1. The summed E-state index contributed by atoms with van der Waals surface area (Å²) in [5, 5.41) is 1.93. The number of rotatable bonds is 3. The smallest absolute Gasteiger partial charge is 0.339 e. The van der Waals surface area contributed by atoms with Gasteiger partial charge in [-0.2, -0.15) is 0 Å². The van der Waals surface area contributed by atoms with E-state index in [4.69, 9.17) is 4.74 Å². The van der Waals surface area contributed by atoms with E-state index < -0.39 is 0 Å². The minimum atomic E-state index is -0.292. The Hall–Kier alpha value is -2.09. The summed E-state index contributed by atoms with van der Waals surface area (Å²) in [6.45, 7) is 5.91. The summed E-state index contributed by atoms with van der Waals surface area (Å²) in [7, 11) is 0. The van der Waals surface area contributed by atoms with E-state index in [1.54, 1.807) is 13.0 Å². The Morgan fingerprint density at radius 2 is 2.06 bits per heavy atom. The van der Waals surface area contributed by atoms with Gasteiger partial charge in [0.15, 0.2) is 0 Å². The van der Waals surface area contributed by atoms with Crippen LogP contribution in [-0.2, 0) is 4.74 Å². The Morgan fingerprint density at radius 1 is 1.29 bits per heavy atom. The third-order valence-corrected chi connectivity index (χ3v) is 2.66. The molecule has 0 radical (unpaired) electrons. The van der Waals surface area contributed by atoms with Crippen molar-refractivity contribution in [3.63, 3.8) is 0 Å². The number of fused-ring (bicyclic) bond motifs is 1. The van der Waals surface area contributed by atoms with E-state index in [9.17, 15) is 4.79 Å². The quantitative estimate of drug-likeness (QED) is 0.746. The lowest BCUT2D eigenvalue weighted by Gasteiger charge is -2.09. The van der Waals surface area contributed by atoms with Gasteiger partial charge in [0.25, 0.3) is 0 Å². The van der Waals surface area contributed by atoms with Crippen LogP contribution in [0, 0.1) is 0 Å². The lowest BCUT2D eigenvalue weighted by atomic mass is 9.99. The fraction of sp³-hybridized carbons (Fsp3) is 0.133. The zero-order valence-electron chi connectivity index (χ0n) is 9.77. The topological polar surface area (TPSA) is 26.3 Å². The summed E-state index contributed by atoms with van der Waals surface area (Å²) in [6, 6.07) is 11.6. The first kappa shape index (κ1) is 11.4. The first-order valence-corrected chi connectivity index (χ1v) is 5.59. The van der Waals surface area contributed by atoms with Crippen molar-refractivity contribution in [1.82, 2.24) is 0 Å². The molecule has 2 aromatic carbocycles. The highest BCUT2D eigenvalue weighted by Gasteiger charge is 2.14. The zero-order chi connectivity index (χ0) is 12.3. The molecule has 0 aliphatic carbocycles. The molecule has 0 unspecified atom stereocenters. The van der Waals surface area contributed by atoms with Gasteiger partial charge in [-0.15, -0.1) is 0 Å². The molecule has 2 aromatic rings. The van der Waals surface area contributed by atoms with Crippen LogP contribution in [0.2, 0.25) is 0 Å². The van der Waals surface area contributed by atoms with Crippen LogP contribution < -0.4 is 0 Å². The molecule has 0 spiro atoms. The van der Waals surface area contributed by atoms with E-state index in [0.29, 0.717) is 12.2 Å². The Kier molecular flexibility index (Phi) is 3.24. The zero-order valence-corrected chi connectivity index (χ0v) is 9.77. The fourth-order valence-corrected chi connectivity index (χ4v) is 1.89. The van der Waals surface area contributed by atoms with Gasteiger partial charge in [-0.05, 0) is 23.3 Å². The van der Waals surface area contributed by atoms with Crippen LogP contribution >= 0.6 is 0 Å². The number of carbonyl (C=O) groups is 1. The highest BCUT2D eigenvalue weighted by molar-refractivity contribution is 6.07. The number of hydrogen-bond acceptors (Lipinski definition) is 2. The summed E-state index contributed by atoms with van der Waals surface area (Å²) in [4.78, 5) is 12.0. The molecule has 0 aromatic heterocycles. The SMILES string of the molecule is C=Cc1ccc2ccccc2c1C(=O)OCC. The molecular weight excluding hydrogens is 212 g/mol. The van der Waals surface area contributed by atoms with Crippen LogP contribution in [0.15, 0.2) is 43.0 Å². The second-order valence-corrected chi connectivity index (χ2v) is 3.68.